The molecule has 8 heteroatoms. The fourth-order valence-electron chi connectivity index (χ4n) is 3.47. The van der Waals surface area contributed by atoms with E-state index in [4.69, 9.17) is 4.74 Å². The van der Waals surface area contributed by atoms with Crippen LogP contribution in [-0.4, -0.2) is 43.9 Å². The number of methoxy groups -OCH3 is 1. The number of fused-ring (bicyclic) bond motifs is 1. The summed E-state index contributed by atoms with van der Waals surface area (Å²) in [5.74, 6) is 0.436. The Balaban J connectivity index is 1.51. The van der Waals surface area contributed by atoms with E-state index in [9.17, 15) is 13.2 Å². The van der Waals surface area contributed by atoms with Crippen LogP contribution in [0.4, 0.5) is 0 Å². The third-order valence-electron chi connectivity index (χ3n) is 5.05. The minimum atomic E-state index is -3.83. The summed E-state index contributed by atoms with van der Waals surface area (Å²) >= 11 is 0. The van der Waals surface area contributed by atoms with Crippen molar-refractivity contribution in [3.63, 3.8) is 0 Å². The Morgan fingerprint density at radius 3 is 2.62 bits per heavy atom. The maximum atomic E-state index is 12.9. The number of carbonyl (C=O) groups is 1. The lowest BCUT2D eigenvalue weighted by Gasteiger charge is -2.17. The van der Waals surface area contributed by atoms with E-state index < -0.39 is 16.1 Å². The quantitative estimate of drug-likeness (QED) is 0.673. The average molecular weight is 411 g/mol. The second kappa shape index (κ2) is 7.81. The molecule has 7 nitrogen and oxygen atoms in total. The van der Waals surface area contributed by atoms with Gasteiger partial charge in [0.15, 0.2) is 0 Å². The summed E-state index contributed by atoms with van der Waals surface area (Å²) in [6.45, 7) is 0.943. The molecule has 1 aliphatic heterocycles. The highest BCUT2D eigenvalue weighted by molar-refractivity contribution is 7.89. The van der Waals surface area contributed by atoms with Crippen LogP contribution in [0.2, 0.25) is 0 Å². The first kappa shape index (κ1) is 19.4. The van der Waals surface area contributed by atoms with Crippen LogP contribution in [0.25, 0.3) is 10.8 Å². The number of rotatable bonds is 6. The van der Waals surface area contributed by atoms with Crippen molar-refractivity contribution in [3.8, 4) is 5.75 Å². The summed E-state index contributed by atoms with van der Waals surface area (Å²) in [6, 6.07) is 13.3. The van der Waals surface area contributed by atoms with Crippen molar-refractivity contribution in [1.29, 1.82) is 0 Å². The van der Waals surface area contributed by atoms with Crippen LogP contribution in [0, 0.1) is 0 Å². The molecule has 2 aromatic carbocycles. The maximum absolute atomic E-state index is 12.9. The largest absolute Gasteiger partial charge is 0.497 e. The van der Waals surface area contributed by atoms with Gasteiger partial charge in [0, 0.05) is 25.5 Å². The number of amides is 1. The van der Waals surface area contributed by atoms with Gasteiger partial charge in [0.2, 0.25) is 15.9 Å². The molecule has 1 N–H and O–H groups in total. The Morgan fingerprint density at radius 2 is 1.86 bits per heavy atom. The van der Waals surface area contributed by atoms with Gasteiger partial charge in [-0.2, -0.15) is 4.72 Å². The Bertz CT molecular complexity index is 1150. The van der Waals surface area contributed by atoms with Crippen molar-refractivity contribution in [2.24, 2.45) is 0 Å². The molecule has 3 aromatic rings. The van der Waals surface area contributed by atoms with Gasteiger partial charge in [-0.05, 0) is 59.2 Å². The van der Waals surface area contributed by atoms with E-state index in [-0.39, 0.29) is 10.8 Å². The van der Waals surface area contributed by atoms with E-state index in [0.717, 1.165) is 16.3 Å². The third kappa shape index (κ3) is 4.08. The van der Waals surface area contributed by atoms with Crippen LogP contribution in [0.3, 0.4) is 0 Å². The maximum Gasteiger partial charge on any atom is 0.241 e. The van der Waals surface area contributed by atoms with Crippen molar-refractivity contribution in [2.45, 2.75) is 23.9 Å². The Morgan fingerprint density at radius 1 is 1.10 bits per heavy atom. The monoisotopic (exact) mass is 411 g/mol. The molecule has 0 spiro atoms. The number of hydrogen-bond donors (Lipinski definition) is 1. The van der Waals surface area contributed by atoms with Crippen LogP contribution in [0.1, 0.15) is 12.0 Å². The highest BCUT2D eigenvalue weighted by atomic mass is 32.2. The number of likely N-dealkylation sites (tertiary alicyclic amines) is 1. The van der Waals surface area contributed by atoms with Gasteiger partial charge in [-0.3, -0.25) is 9.78 Å². The highest BCUT2D eigenvalue weighted by Gasteiger charge is 2.34. The first-order valence-corrected chi connectivity index (χ1v) is 10.7. The molecule has 1 aliphatic rings. The molecule has 0 saturated carbocycles. The van der Waals surface area contributed by atoms with E-state index in [2.05, 4.69) is 9.71 Å². The van der Waals surface area contributed by atoms with Crippen LogP contribution in [-0.2, 0) is 21.4 Å². The van der Waals surface area contributed by atoms with Gasteiger partial charge >= 0.3 is 0 Å². The van der Waals surface area contributed by atoms with E-state index in [1.54, 1.807) is 48.7 Å². The van der Waals surface area contributed by atoms with Crippen LogP contribution in [0.15, 0.2) is 65.8 Å². The van der Waals surface area contributed by atoms with Crippen molar-refractivity contribution in [3.05, 3.63) is 66.5 Å². The van der Waals surface area contributed by atoms with Gasteiger partial charge in [0.25, 0.3) is 0 Å². The zero-order valence-electron chi connectivity index (χ0n) is 15.9. The molecule has 1 atom stereocenters. The molecule has 2 heterocycles. The molecule has 1 amide bonds. The zero-order chi connectivity index (χ0) is 20.4. The van der Waals surface area contributed by atoms with Crippen LogP contribution < -0.4 is 9.46 Å². The summed E-state index contributed by atoms with van der Waals surface area (Å²) < 4.78 is 33.5. The average Bonchev–Trinajstić information content (AvgIpc) is 3.06. The summed E-state index contributed by atoms with van der Waals surface area (Å²) in [7, 11) is -2.27. The molecule has 1 fully saturated rings. The van der Waals surface area contributed by atoms with Crippen LogP contribution in [0.5, 0.6) is 5.75 Å². The molecule has 0 radical (unpaired) electrons. The van der Waals surface area contributed by atoms with E-state index in [1.165, 1.54) is 0 Å². The van der Waals surface area contributed by atoms with Gasteiger partial charge in [-0.15, -0.1) is 0 Å². The van der Waals surface area contributed by atoms with E-state index in [1.807, 2.05) is 24.3 Å². The lowest BCUT2D eigenvalue weighted by atomic mass is 10.1. The van der Waals surface area contributed by atoms with Crippen molar-refractivity contribution in [1.82, 2.24) is 14.6 Å². The standard InChI is InChI=1S/C21H21N3O4S/c1-28-18-4-2-16-3-5-19(13-17(16)12-18)29(26,27)23-20-8-11-24(21(20)25)14-15-6-9-22-10-7-15/h2-7,9-10,12-13,20,23H,8,11,14H2,1H3/t20-/m0/s1. The fourth-order valence-corrected chi connectivity index (χ4v) is 4.72. The number of nitrogens with one attached hydrogen (secondary N) is 1. The molecule has 0 aliphatic carbocycles. The topological polar surface area (TPSA) is 88.6 Å². The first-order chi connectivity index (χ1) is 14.0. The molecule has 1 aromatic heterocycles. The second-order valence-corrected chi connectivity index (χ2v) is 8.67. The zero-order valence-corrected chi connectivity index (χ0v) is 16.7. The number of aromatic nitrogens is 1. The van der Waals surface area contributed by atoms with Crippen LogP contribution >= 0.6 is 0 Å². The normalized spacial score (nSPS) is 17.1. The first-order valence-electron chi connectivity index (χ1n) is 9.24. The molecule has 0 bridgehead atoms. The molecular weight excluding hydrogens is 390 g/mol. The summed E-state index contributed by atoms with van der Waals surface area (Å²) in [5, 5.41) is 1.66. The van der Waals surface area contributed by atoms with E-state index >= 15 is 0 Å². The number of sulfonamides is 1. The van der Waals surface area contributed by atoms with E-state index in [0.29, 0.717) is 25.3 Å². The Kier molecular flexibility index (Phi) is 5.21. The molecule has 29 heavy (non-hydrogen) atoms. The second-order valence-electron chi connectivity index (χ2n) is 6.95. The number of pyridine rings is 1. The number of benzene rings is 2. The molecule has 150 valence electrons. The lowest BCUT2D eigenvalue weighted by Crippen LogP contribution is -2.41. The summed E-state index contributed by atoms with van der Waals surface area (Å²) in [5.41, 5.74) is 0.959. The molecular formula is C21H21N3O4S. The molecule has 4 rings (SSSR count). The van der Waals surface area contributed by atoms with Gasteiger partial charge in [0.05, 0.1) is 12.0 Å². The van der Waals surface area contributed by atoms with Crippen molar-refractivity contribution >= 4 is 26.7 Å². The van der Waals surface area contributed by atoms with Gasteiger partial charge in [-0.25, -0.2) is 8.42 Å². The predicted molar refractivity (Wildman–Crippen MR) is 109 cm³/mol. The summed E-state index contributed by atoms with van der Waals surface area (Å²) in [6.07, 6.45) is 3.78. The smallest absolute Gasteiger partial charge is 0.241 e. The minimum absolute atomic E-state index is 0.124. The SMILES string of the molecule is COc1ccc2ccc(S(=O)(=O)N[C@H]3CCN(Cc4ccncc4)C3=O)cc2c1. The number of carbonyl (C=O) groups excluding carboxylic acids is 1. The van der Waals surface area contributed by atoms with Crippen molar-refractivity contribution in [2.75, 3.05) is 13.7 Å². The van der Waals surface area contributed by atoms with Gasteiger partial charge < -0.3 is 9.64 Å². The number of ether oxygens (including phenoxy) is 1. The Labute approximate surface area is 169 Å². The molecule has 1 saturated heterocycles. The minimum Gasteiger partial charge on any atom is -0.497 e. The predicted octanol–water partition coefficient (Wildman–Crippen LogP) is 2.32. The van der Waals surface area contributed by atoms with Gasteiger partial charge in [0.1, 0.15) is 11.8 Å². The lowest BCUT2D eigenvalue weighted by molar-refractivity contribution is -0.129. The fraction of sp³-hybridized carbons (Fsp3) is 0.238. The Hall–Kier alpha value is -2.97. The molecule has 0 unspecified atom stereocenters. The number of nitrogens with zero attached hydrogens (tertiary/aromatic N) is 2. The van der Waals surface area contributed by atoms with Crippen molar-refractivity contribution < 1.29 is 17.9 Å². The summed E-state index contributed by atoms with van der Waals surface area (Å²) in [4.78, 5) is 18.4. The number of hydrogen-bond acceptors (Lipinski definition) is 5. The third-order valence-corrected chi connectivity index (χ3v) is 6.52. The van der Waals surface area contributed by atoms with Gasteiger partial charge in [-0.1, -0.05) is 12.1 Å². The highest BCUT2D eigenvalue weighted by Crippen LogP contribution is 2.24.